The van der Waals surface area contributed by atoms with E-state index in [4.69, 9.17) is 11.6 Å². The van der Waals surface area contributed by atoms with Crippen LogP contribution in [0, 0.1) is 0 Å². The van der Waals surface area contributed by atoms with Crippen molar-refractivity contribution in [1.29, 1.82) is 0 Å². The Hall–Kier alpha value is -2.02. The highest BCUT2D eigenvalue weighted by atomic mass is 35.5. The molecule has 0 spiro atoms. The highest BCUT2D eigenvalue weighted by Gasteiger charge is 2.35. The molecule has 1 heterocycles. The maximum atomic E-state index is 12.9. The number of benzene rings is 1. The van der Waals surface area contributed by atoms with Gasteiger partial charge < -0.3 is 5.32 Å². The summed E-state index contributed by atoms with van der Waals surface area (Å²) in [6, 6.07) is 4.69. The largest absolute Gasteiger partial charge is 0.417 e. The number of aryl methyl sites for hydroxylation is 1. The average molecular weight is 318 g/mol. The summed E-state index contributed by atoms with van der Waals surface area (Å²) < 4.78 is 40.2. The summed E-state index contributed by atoms with van der Waals surface area (Å²) in [5, 5.41) is 6.34. The topological polar surface area (TPSA) is 46.9 Å². The highest BCUT2D eigenvalue weighted by molar-refractivity contribution is 6.30. The summed E-state index contributed by atoms with van der Waals surface area (Å²) in [4.78, 5) is 11.9. The van der Waals surface area contributed by atoms with Crippen LogP contribution in [-0.2, 0) is 19.8 Å². The fourth-order valence-corrected chi connectivity index (χ4v) is 1.94. The smallest absolute Gasteiger partial charge is 0.346 e. The molecule has 4 nitrogen and oxygen atoms in total. The second kappa shape index (κ2) is 5.77. The lowest BCUT2D eigenvalue weighted by Gasteiger charge is -2.13. The predicted octanol–water partition coefficient (Wildman–Crippen LogP) is 3.02. The number of nitrogens with zero attached hydrogens (tertiary/aromatic N) is 2. The van der Waals surface area contributed by atoms with Crippen molar-refractivity contribution >= 4 is 17.5 Å². The number of nitrogens with one attached hydrogen (secondary N) is 1. The lowest BCUT2D eigenvalue weighted by atomic mass is 10.1. The molecule has 0 radical (unpaired) electrons. The van der Waals surface area contributed by atoms with Gasteiger partial charge in [0.15, 0.2) is 0 Å². The van der Waals surface area contributed by atoms with E-state index in [0.29, 0.717) is 5.69 Å². The molecule has 0 saturated heterocycles. The minimum atomic E-state index is -4.65. The Labute approximate surface area is 123 Å². The molecule has 0 bridgehead atoms. The van der Waals surface area contributed by atoms with Gasteiger partial charge in [0.05, 0.1) is 23.4 Å². The third-order valence-electron chi connectivity index (χ3n) is 2.73. The van der Waals surface area contributed by atoms with Crippen LogP contribution in [0.1, 0.15) is 21.6 Å². The number of halogens is 4. The van der Waals surface area contributed by atoms with Crippen molar-refractivity contribution < 1.29 is 18.0 Å². The van der Waals surface area contributed by atoms with Crippen LogP contribution in [0.25, 0.3) is 0 Å². The van der Waals surface area contributed by atoms with Crippen LogP contribution in [0.15, 0.2) is 30.5 Å². The number of carbonyl (C=O) groups is 1. The first-order valence-electron chi connectivity index (χ1n) is 5.91. The van der Waals surface area contributed by atoms with Crippen molar-refractivity contribution in [2.24, 2.45) is 7.05 Å². The minimum Gasteiger partial charge on any atom is -0.346 e. The molecule has 0 aliphatic rings. The molecule has 112 valence electrons. The molecule has 0 fully saturated rings. The quantitative estimate of drug-likeness (QED) is 0.946. The van der Waals surface area contributed by atoms with Crippen LogP contribution < -0.4 is 5.32 Å². The van der Waals surface area contributed by atoms with E-state index in [1.165, 1.54) is 10.7 Å². The molecule has 1 N–H and O–H groups in total. The summed E-state index contributed by atoms with van der Waals surface area (Å²) in [6.45, 7) is 0.0413. The van der Waals surface area contributed by atoms with Crippen molar-refractivity contribution in [3.8, 4) is 0 Å². The van der Waals surface area contributed by atoms with E-state index in [1.54, 1.807) is 19.3 Å². The molecule has 0 aliphatic carbocycles. The van der Waals surface area contributed by atoms with Gasteiger partial charge in [-0.15, -0.1) is 0 Å². The van der Waals surface area contributed by atoms with Crippen LogP contribution in [0.3, 0.4) is 0 Å². The Morgan fingerprint density at radius 3 is 2.67 bits per heavy atom. The molecular formula is C13H11ClF3N3O. The van der Waals surface area contributed by atoms with Gasteiger partial charge in [-0.05, 0) is 24.3 Å². The van der Waals surface area contributed by atoms with Gasteiger partial charge in [0, 0.05) is 18.3 Å². The number of carbonyl (C=O) groups excluding carboxylic acids is 1. The van der Waals surface area contributed by atoms with Crippen LogP contribution in [0.4, 0.5) is 13.2 Å². The van der Waals surface area contributed by atoms with Gasteiger partial charge in [-0.25, -0.2) is 0 Å². The zero-order valence-electron chi connectivity index (χ0n) is 10.9. The van der Waals surface area contributed by atoms with Crippen molar-refractivity contribution in [3.63, 3.8) is 0 Å². The second-order valence-corrected chi connectivity index (χ2v) is 4.79. The van der Waals surface area contributed by atoms with E-state index >= 15 is 0 Å². The number of alkyl halides is 3. The van der Waals surface area contributed by atoms with Gasteiger partial charge in [0.25, 0.3) is 5.91 Å². The first kappa shape index (κ1) is 15.4. The van der Waals surface area contributed by atoms with Crippen molar-refractivity contribution in [2.75, 3.05) is 0 Å². The summed E-state index contributed by atoms with van der Waals surface area (Å²) in [5.74, 6) is -0.829. The van der Waals surface area contributed by atoms with E-state index in [0.717, 1.165) is 12.1 Å². The van der Waals surface area contributed by atoms with Crippen molar-refractivity contribution in [2.45, 2.75) is 12.7 Å². The van der Waals surface area contributed by atoms with E-state index in [1.807, 2.05) is 0 Å². The Balaban J connectivity index is 2.19. The van der Waals surface area contributed by atoms with Crippen LogP contribution in [0.5, 0.6) is 0 Å². The maximum absolute atomic E-state index is 12.9. The SMILES string of the molecule is Cn1ccc(CNC(=O)c2ccc(Cl)cc2C(F)(F)F)n1. The fraction of sp³-hybridized carbons (Fsp3) is 0.231. The third-order valence-corrected chi connectivity index (χ3v) is 2.97. The maximum Gasteiger partial charge on any atom is 0.417 e. The van der Waals surface area contributed by atoms with Gasteiger partial charge in [-0.2, -0.15) is 18.3 Å². The molecule has 1 aromatic carbocycles. The zero-order valence-corrected chi connectivity index (χ0v) is 11.7. The molecule has 0 saturated carbocycles. The monoisotopic (exact) mass is 317 g/mol. The molecule has 2 rings (SSSR count). The lowest BCUT2D eigenvalue weighted by Crippen LogP contribution is -2.26. The summed E-state index contributed by atoms with van der Waals surface area (Å²) in [5.41, 5.74) is -0.982. The minimum absolute atomic E-state index is 0.0413. The van der Waals surface area contributed by atoms with E-state index in [9.17, 15) is 18.0 Å². The number of hydrogen-bond donors (Lipinski definition) is 1. The van der Waals surface area contributed by atoms with Gasteiger partial charge in [-0.1, -0.05) is 11.6 Å². The Morgan fingerprint density at radius 2 is 2.10 bits per heavy atom. The molecule has 21 heavy (non-hydrogen) atoms. The number of hydrogen-bond acceptors (Lipinski definition) is 2. The molecule has 0 atom stereocenters. The predicted molar refractivity (Wildman–Crippen MR) is 70.8 cm³/mol. The Morgan fingerprint density at radius 1 is 1.38 bits per heavy atom. The van der Waals surface area contributed by atoms with Crippen molar-refractivity contribution in [3.05, 3.63) is 52.3 Å². The zero-order chi connectivity index (χ0) is 15.6. The van der Waals surface area contributed by atoms with Gasteiger partial charge in [0.1, 0.15) is 0 Å². The van der Waals surface area contributed by atoms with Crippen molar-refractivity contribution in [1.82, 2.24) is 15.1 Å². The van der Waals surface area contributed by atoms with E-state index < -0.39 is 23.2 Å². The molecule has 8 heteroatoms. The van der Waals surface area contributed by atoms with Crippen LogP contribution >= 0.6 is 11.6 Å². The summed E-state index contributed by atoms with van der Waals surface area (Å²) in [7, 11) is 1.70. The van der Waals surface area contributed by atoms with Gasteiger partial charge in [-0.3, -0.25) is 9.48 Å². The number of rotatable bonds is 3. The van der Waals surface area contributed by atoms with E-state index in [-0.39, 0.29) is 11.6 Å². The summed E-state index contributed by atoms with van der Waals surface area (Å²) in [6.07, 6.45) is -2.98. The highest BCUT2D eigenvalue weighted by Crippen LogP contribution is 2.33. The molecule has 0 unspecified atom stereocenters. The normalized spacial score (nSPS) is 11.5. The van der Waals surface area contributed by atoms with Crippen LogP contribution in [0.2, 0.25) is 5.02 Å². The Kier molecular flexibility index (Phi) is 4.22. The first-order valence-corrected chi connectivity index (χ1v) is 6.28. The second-order valence-electron chi connectivity index (χ2n) is 4.35. The fourth-order valence-electron chi connectivity index (χ4n) is 1.77. The molecule has 1 amide bonds. The molecular weight excluding hydrogens is 307 g/mol. The third kappa shape index (κ3) is 3.75. The Bertz CT molecular complexity index is 667. The number of amides is 1. The average Bonchev–Trinajstić information content (AvgIpc) is 2.81. The number of aromatic nitrogens is 2. The standard InChI is InChI=1S/C13H11ClF3N3O/c1-20-5-4-9(19-20)7-18-12(21)10-3-2-8(14)6-11(10)13(15,16)17/h2-6H,7H2,1H3,(H,18,21). The summed E-state index contributed by atoms with van der Waals surface area (Å²) >= 11 is 5.56. The lowest BCUT2D eigenvalue weighted by molar-refractivity contribution is -0.137. The van der Waals surface area contributed by atoms with E-state index in [2.05, 4.69) is 10.4 Å². The van der Waals surface area contributed by atoms with Gasteiger partial charge in [0.2, 0.25) is 0 Å². The van der Waals surface area contributed by atoms with Crippen LogP contribution in [-0.4, -0.2) is 15.7 Å². The molecule has 1 aromatic heterocycles. The van der Waals surface area contributed by atoms with Gasteiger partial charge >= 0.3 is 6.18 Å². The molecule has 2 aromatic rings. The molecule has 0 aliphatic heterocycles. The first-order chi connectivity index (χ1) is 9.77.